The topological polar surface area (TPSA) is 50.4 Å². The van der Waals surface area contributed by atoms with Gasteiger partial charge in [-0.1, -0.05) is 18.2 Å². The van der Waals surface area contributed by atoms with Gasteiger partial charge in [0, 0.05) is 30.4 Å². The molecule has 4 nitrogen and oxygen atoms in total. The van der Waals surface area contributed by atoms with Gasteiger partial charge in [0.1, 0.15) is 5.65 Å². The van der Waals surface area contributed by atoms with Gasteiger partial charge in [-0.2, -0.15) is 0 Å². The maximum atomic E-state index is 9.29. The Kier molecular flexibility index (Phi) is 3.37. The molecule has 3 heterocycles. The maximum Gasteiger partial charge on any atom is 0.137 e. The lowest BCUT2D eigenvalue weighted by atomic mass is 10.1. The third-order valence-corrected chi connectivity index (χ3v) is 3.85. The van der Waals surface area contributed by atoms with Gasteiger partial charge in [-0.3, -0.25) is 4.98 Å². The summed E-state index contributed by atoms with van der Waals surface area (Å²) in [6.07, 6.45) is 7.63. The van der Waals surface area contributed by atoms with Gasteiger partial charge in [-0.15, -0.1) is 0 Å². The fourth-order valence-corrected chi connectivity index (χ4v) is 2.67. The zero-order valence-electron chi connectivity index (χ0n) is 12.4. The molecule has 4 heteroatoms. The first-order chi connectivity index (χ1) is 11.3. The Morgan fingerprint density at radius 3 is 2.65 bits per heavy atom. The highest BCUT2D eigenvalue weighted by molar-refractivity contribution is 5.67. The molecule has 3 aromatic heterocycles. The Morgan fingerprint density at radius 1 is 0.913 bits per heavy atom. The number of pyridine rings is 2. The minimum atomic E-state index is 0.0479. The smallest absolute Gasteiger partial charge is 0.137 e. The molecule has 112 valence electrons. The summed E-state index contributed by atoms with van der Waals surface area (Å²) in [5.41, 5.74) is 5.87. The SMILES string of the molecule is OCc1cccc(-c2ccc3nc(-c4cccnc4)cn3c2)c1. The van der Waals surface area contributed by atoms with Crippen molar-refractivity contribution in [2.45, 2.75) is 6.61 Å². The Bertz CT molecular complexity index is 961. The number of imidazole rings is 1. The first kappa shape index (κ1) is 13.7. The molecule has 23 heavy (non-hydrogen) atoms. The maximum absolute atomic E-state index is 9.29. The predicted molar refractivity (Wildman–Crippen MR) is 89.8 cm³/mol. The van der Waals surface area contributed by atoms with E-state index in [0.717, 1.165) is 33.6 Å². The van der Waals surface area contributed by atoms with Crippen molar-refractivity contribution in [2.24, 2.45) is 0 Å². The fraction of sp³-hybridized carbons (Fsp3) is 0.0526. The van der Waals surface area contributed by atoms with Crippen LogP contribution in [0.25, 0.3) is 28.0 Å². The van der Waals surface area contributed by atoms with Crippen molar-refractivity contribution >= 4 is 5.65 Å². The summed E-state index contributed by atoms with van der Waals surface area (Å²) in [6.45, 7) is 0.0479. The van der Waals surface area contributed by atoms with E-state index in [-0.39, 0.29) is 6.61 Å². The lowest BCUT2D eigenvalue weighted by Crippen LogP contribution is -1.87. The molecule has 0 aliphatic carbocycles. The molecule has 1 N–H and O–H groups in total. The minimum absolute atomic E-state index is 0.0479. The van der Waals surface area contributed by atoms with Gasteiger partial charge in [0.25, 0.3) is 0 Å². The van der Waals surface area contributed by atoms with Gasteiger partial charge in [-0.05, 0) is 47.0 Å². The van der Waals surface area contributed by atoms with Gasteiger partial charge in [0.2, 0.25) is 0 Å². The number of aliphatic hydroxyl groups excluding tert-OH is 1. The van der Waals surface area contributed by atoms with Crippen LogP contribution in [0.5, 0.6) is 0 Å². The van der Waals surface area contributed by atoms with Crippen LogP contribution in [0.4, 0.5) is 0 Å². The number of aliphatic hydroxyl groups is 1. The molecular weight excluding hydrogens is 286 g/mol. The highest BCUT2D eigenvalue weighted by Crippen LogP contribution is 2.23. The molecule has 1 aromatic carbocycles. The van der Waals surface area contributed by atoms with E-state index in [1.54, 1.807) is 6.20 Å². The van der Waals surface area contributed by atoms with E-state index in [9.17, 15) is 5.11 Å². The summed E-state index contributed by atoms with van der Waals surface area (Å²) in [7, 11) is 0. The number of rotatable bonds is 3. The number of benzene rings is 1. The number of hydrogen-bond acceptors (Lipinski definition) is 3. The van der Waals surface area contributed by atoms with Crippen LogP contribution in [-0.2, 0) is 6.61 Å². The molecule has 0 spiro atoms. The van der Waals surface area contributed by atoms with Crippen LogP contribution >= 0.6 is 0 Å². The van der Waals surface area contributed by atoms with Crippen LogP contribution in [0, 0.1) is 0 Å². The van der Waals surface area contributed by atoms with Crippen molar-refractivity contribution in [2.75, 3.05) is 0 Å². The van der Waals surface area contributed by atoms with Crippen LogP contribution in [0.3, 0.4) is 0 Å². The molecule has 0 aliphatic heterocycles. The summed E-state index contributed by atoms with van der Waals surface area (Å²) in [4.78, 5) is 8.78. The van der Waals surface area contributed by atoms with E-state index in [1.165, 1.54) is 0 Å². The normalized spacial score (nSPS) is 11.0. The van der Waals surface area contributed by atoms with Crippen LogP contribution in [-0.4, -0.2) is 19.5 Å². The fourth-order valence-electron chi connectivity index (χ4n) is 2.67. The molecule has 0 aliphatic rings. The van der Waals surface area contributed by atoms with Gasteiger partial charge >= 0.3 is 0 Å². The Hall–Kier alpha value is -2.98. The standard InChI is InChI=1S/C19H15N3O/c23-13-14-3-1-4-15(9-14)17-6-7-19-21-18(12-22(19)11-17)16-5-2-8-20-10-16/h1-12,23H,13H2. The number of fused-ring (bicyclic) bond motifs is 1. The summed E-state index contributed by atoms with van der Waals surface area (Å²) in [6, 6.07) is 15.9. The predicted octanol–water partition coefficient (Wildman–Crippen LogP) is 3.56. The van der Waals surface area contributed by atoms with E-state index in [2.05, 4.69) is 16.2 Å². The molecule has 4 rings (SSSR count). The Labute approximate surface area is 133 Å². The van der Waals surface area contributed by atoms with Gasteiger partial charge < -0.3 is 9.51 Å². The lowest BCUT2D eigenvalue weighted by Gasteiger charge is -2.04. The number of nitrogens with zero attached hydrogens (tertiary/aromatic N) is 3. The highest BCUT2D eigenvalue weighted by atomic mass is 16.3. The quantitative estimate of drug-likeness (QED) is 0.629. The Balaban J connectivity index is 1.79. The first-order valence-corrected chi connectivity index (χ1v) is 7.43. The highest BCUT2D eigenvalue weighted by Gasteiger charge is 2.06. The average molecular weight is 301 g/mol. The molecule has 0 fully saturated rings. The molecule has 0 radical (unpaired) electrons. The van der Waals surface area contributed by atoms with Crippen molar-refractivity contribution in [1.29, 1.82) is 0 Å². The molecule has 0 unspecified atom stereocenters. The minimum Gasteiger partial charge on any atom is -0.392 e. The lowest BCUT2D eigenvalue weighted by molar-refractivity contribution is 0.282. The molecule has 0 amide bonds. The van der Waals surface area contributed by atoms with E-state index in [1.807, 2.05) is 65.3 Å². The summed E-state index contributed by atoms with van der Waals surface area (Å²) in [5, 5.41) is 9.29. The third-order valence-electron chi connectivity index (χ3n) is 3.85. The molecule has 0 saturated heterocycles. The molecular formula is C19H15N3O. The van der Waals surface area contributed by atoms with Crippen molar-refractivity contribution < 1.29 is 5.11 Å². The zero-order valence-corrected chi connectivity index (χ0v) is 12.4. The largest absolute Gasteiger partial charge is 0.392 e. The van der Waals surface area contributed by atoms with Crippen LogP contribution in [0.15, 0.2) is 73.3 Å². The van der Waals surface area contributed by atoms with Gasteiger partial charge in [0.15, 0.2) is 0 Å². The number of hydrogen-bond donors (Lipinski definition) is 1. The molecule has 0 atom stereocenters. The second-order valence-corrected chi connectivity index (χ2v) is 5.41. The summed E-state index contributed by atoms with van der Waals surface area (Å²) in [5.74, 6) is 0. The van der Waals surface area contributed by atoms with Crippen molar-refractivity contribution in [3.8, 4) is 22.4 Å². The molecule has 0 bridgehead atoms. The summed E-state index contributed by atoms with van der Waals surface area (Å²) >= 11 is 0. The van der Waals surface area contributed by atoms with E-state index in [4.69, 9.17) is 0 Å². The Morgan fingerprint density at radius 2 is 1.83 bits per heavy atom. The van der Waals surface area contributed by atoms with E-state index in [0.29, 0.717) is 0 Å². The van der Waals surface area contributed by atoms with Gasteiger partial charge in [0.05, 0.1) is 12.3 Å². The van der Waals surface area contributed by atoms with Crippen molar-refractivity contribution in [1.82, 2.24) is 14.4 Å². The van der Waals surface area contributed by atoms with Crippen molar-refractivity contribution in [3.63, 3.8) is 0 Å². The second-order valence-electron chi connectivity index (χ2n) is 5.41. The first-order valence-electron chi connectivity index (χ1n) is 7.43. The third kappa shape index (κ3) is 2.60. The van der Waals surface area contributed by atoms with E-state index >= 15 is 0 Å². The monoisotopic (exact) mass is 301 g/mol. The zero-order chi connectivity index (χ0) is 15.6. The summed E-state index contributed by atoms with van der Waals surface area (Å²) < 4.78 is 2.02. The van der Waals surface area contributed by atoms with Crippen LogP contribution < -0.4 is 0 Å². The van der Waals surface area contributed by atoms with Crippen LogP contribution in [0.1, 0.15) is 5.56 Å². The second kappa shape index (κ2) is 5.66. The molecule has 0 saturated carbocycles. The van der Waals surface area contributed by atoms with E-state index < -0.39 is 0 Å². The average Bonchev–Trinajstić information content (AvgIpc) is 3.06. The van der Waals surface area contributed by atoms with Crippen molar-refractivity contribution in [3.05, 3.63) is 78.9 Å². The van der Waals surface area contributed by atoms with Gasteiger partial charge in [-0.25, -0.2) is 4.98 Å². The number of aromatic nitrogens is 3. The van der Waals surface area contributed by atoms with Crippen LogP contribution in [0.2, 0.25) is 0 Å². The molecule has 4 aromatic rings.